The van der Waals surface area contributed by atoms with Crippen LogP contribution in [0.5, 0.6) is 5.75 Å². The van der Waals surface area contributed by atoms with Gasteiger partial charge in [0.1, 0.15) is 10.8 Å². The number of para-hydroxylation sites is 1. The molecule has 3 rings (SSSR count). The zero-order valence-corrected chi connectivity index (χ0v) is 19.9. The van der Waals surface area contributed by atoms with E-state index in [1.807, 2.05) is 25.1 Å². The van der Waals surface area contributed by atoms with Gasteiger partial charge in [0.15, 0.2) is 6.61 Å². The summed E-state index contributed by atoms with van der Waals surface area (Å²) in [4.78, 5) is 38.3. The zero-order valence-electron chi connectivity index (χ0n) is 18.4. The van der Waals surface area contributed by atoms with Gasteiger partial charge in [-0.3, -0.25) is 9.59 Å². The van der Waals surface area contributed by atoms with Crippen LogP contribution in [0.2, 0.25) is 5.02 Å². The third-order valence-corrected chi connectivity index (χ3v) is 6.06. The largest absolute Gasteiger partial charge is 0.483 e. The lowest BCUT2D eigenvalue weighted by Crippen LogP contribution is -2.21. The van der Waals surface area contributed by atoms with E-state index in [4.69, 9.17) is 21.1 Å². The number of rotatable bonds is 8. The van der Waals surface area contributed by atoms with Crippen LogP contribution in [-0.2, 0) is 9.53 Å². The number of carbonyl (C=O) groups is 3. The third kappa shape index (κ3) is 6.12. The number of anilines is 2. The number of ether oxygens (including phenoxy) is 2. The van der Waals surface area contributed by atoms with Crippen LogP contribution in [0.25, 0.3) is 0 Å². The summed E-state index contributed by atoms with van der Waals surface area (Å²) in [6, 6.07) is 14.0. The van der Waals surface area contributed by atoms with Crippen molar-refractivity contribution in [2.24, 2.45) is 0 Å². The van der Waals surface area contributed by atoms with E-state index in [9.17, 15) is 14.4 Å². The summed E-state index contributed by atoms with van der Waals surface area (Å²) in [6.07, 6.45) is 0. The molecule has 0 radical (unpaired) electrons. The van der Waals surface area contributed by atoms with Crippen molar-refractivity contribution in [1.29, 1.82) is 0 Å². The second-order valence-electron chi connectivity index (χ2n) is 7.05. The number of hydrogen-bond donors (Lipinski definition) is 2. The quantitative estimate of drug-likeness (QED) is 0.412. The smallest absolute Gasteiger partial charge is 0.341 e. The zero-order chi connectivity index (χ0) is 24.0. The highest BCUT2D eigenvalue weighted by molar-refractivity contribution is 7.19. The molecule has 2 aromatic carbocycles. The summed E-state index contributed by atoms with van der Waals surface area (Å²) in [7, 11) is 0. The van der Waals surface area contributed by atoms with Crippen LogP contribution in [0, 0.1) is 13.8 Å². The molecule has 0 saturated heterocycles. The molecule has 0 fully saturated rings. The van der Waals surface area contributed by atoms with E-state index in [1.165, 1.54) is 0 Å². The first-order valence-corrected chi connectivity index (χ1v) is 11.3. The fourth-order valence-electron chi connectivity index (χ4n) is 3.05. The van der Waals surface area contributed by atoms with Gasteiger partial charge >= 0.3 is 5.97 Å². The summed E-state index contributed by atoms with van der Waals surface area (Å²) >= 11 is 6.97. The summed E-state index contributed by atoms with van der Waals surface area (Å²) in [6.45, 7) is 5.09. The van der Waals surface area contributed by atoms with Gasteiger partial charge in [0.05, 0.1) is 17.0 Å². The first kappa shape index (κ1) is 24.3. The Labute approximate surface area is 200 Å². The first-order valence-electron chi connectivity index (χ1n) is 10.2. The van der Waals surface area contributed by atoms with Gasteiger partial charge < -0.3 is 20.1 Å². The highest BCUT2D eigenvalue weighted by Crippen LogP contribution is 2.34. The average molecular weight is 487 g/mol. The minimum atomic E-state index is -0.622. The molecule has 2 amide bonds. The molecule has 0 bridgehead atoms. The maximum absolute atomic E-state index is 12.9. The number of halogens is 1. The maximum atomic E-state index is 12.9. The fourth-order valence-corrected chi connectivity index (χ4v) is 4.34. The minimum absolute atomic E-state index is 0.141. The van der Waals surface area contributed by atoms with Crippen LogP contribution in [0.1, 0.15) is 38.1 Å². The number of amides is 2. The predicted molar refractivity (Wildman–Crippen MR) is 130 cm³/mol. The molecule has 0 unspecified atom stereocenters. The SMILES string of the molecule is CCOC(=O)c1c(NC(=O)COc2ccccc2C)sc(C(=O)Nc2cccc(Cl)c2)c1C. The molecule has 0 aliphatic carbocycles. The Balaban J connectivity index is 1.82. The van der Waals surface area contributed by atoms with Gasteiger partial charge in [0.25, 0.3) is 11.8 Å². The summed E-state index contributed by atoms with van der Waals surface area (Å²) in [5.74, 6) is -0.931. The molecular formula is C24H23ClN2O5S. The van der Waals surface area contributed by atoms with Crippen LogP contribution < -0.4 is 15.4 Å². The third-order valence-electron chi connectivity index (χ3n) is 4.62. The molecule has 172 valence electrons. The number of aryl methyl sites for hydroxylation is 1. The van der Waals surface area contributed by atoms with E-state index < -0.39 is 17.8 Å². The lowest BCUT2D eigenvalue weighted by molar-refractivity contribution is -0.118. The Hall–Kier alpha value is -3.36. The van der Waals surface area contributed by atoms with Crippen molar-refractivity contribution in [1.82, 2.24) is 0 Å². The molecular weight excluding hydrogens is 464 g/mol. The van der Waals surface area contributed by atoms with E-state index in [1.54, 1.807) is 44.2 Å². The molecule has 7 nitrogen and oxygen atoms in total. The topological polar surface area (TPSA) is 93.7 Å². The van der Waals surface area contributed by atoms with E-state index in [0.717, 1.165) is 16.9 Å². The molecule has 0 saturated carbocycles. The Kier molecular flexibility index (Phi) is 8.08. The van der Waals surface area contributed by atoms with Crippen molar-refractivity contribution in [3.8, 4) is 5.75 Å². The van der Waals surface area contributed by atoms with Crippen LogP contribution in [0.3, 0.4) is 0 Å². The summed E-state index contributed by atoms with van der Waals surface area (Å²) in [5, 5.41) is 6.14. The van der Waals surface area contributed by atoms with Crippen LogP contribution in [-0.4, -0.2) is 31.0 Å². The molecule has 0 aliphatic heterocycles. The van der Waals surface area contributed by atoms with Crippen LogP contribution in [0.15, 0.2) is 48.5 Å². The Morgan fingerprint density at radius 3 is 2.48 bits per heavy atom. The molecule has 9 heteroatoms. The number of esters is 1. The molecule has 2 N–H and O–H groups in total. The number of nitrogens with one attached hydrogen (secondary N) is 2. The fraction of sp³-hybridized carbons (Fsp3) is 0.208. The van der Waals surface area contributed by atoms with E-state index >= 15 is 0 Å². The van der Waals surface area contributed by atoms with Crippen LogP contribution >= 0.6 is 22.9 Å². The normalized spacial score (nSPS) is 10.4. The van der Waals surface area contributed by atoms with Gasteiger partial charge in [-0.15, -0.1) is 11.3 Å². The number of thiophene rings is 1. The number of hydrogen-bond acceptors (Lipinski definition) is 6. The lowest BCUT2D eigenvalue weighted by atomic mass is 10.1. The van der Waals surface area contributed by atoms with Crippen molar-refractivity contribution in [2.45, 2.75) is 20.8 Å². The van der Waals surface area contributed by atoms with Gasteiger partial charge in [-0.25, -0.2) is 4.79 Å². The molecule has 33 heavy (non-hydrogen) atoms. The van der Waals surface area contributed by atoms with E-state index in [-0.39, 0.29) is 28.7 Å². The minimum Gasteiger partial charge on any atom is -0.483 e. The number of benzene rings is 2. The number of carbonyl (C=O) groups excluding carboxylic acids is 3. The summed E-state index contributed by atoms with van der Waals surface area (Å²) in [5.41, 5.74) is 1.95. The van der Waals surface area contributed by atoms with Gasteiger partial charge in [-0.05, 0) is 56.2 Å². The molecule has 1 heterocycles. The Morgan fingerprint density at radius 1 is 1.03 bits per heavy atom. The van der Waals surface area contributed by atoms with E-state index in [2.05, 4.69) is 10.6 Å². The predicted octanol–water partition coefficient (Wildman–Crippen LogP) is 5.46. The average Bonchev–Trinajstić information content (AvgIpc) is 3.09. The lowest BCUT2D eigenvalue weighted by Gasteiger charge is -2.10. The van der Waals surface area contributed by atoms with Crippen molar-refractivity contribution < 1.29 is 23.9 Å². The maximum Gasteiger partial charge on any atom is 0.341 e. The highest BCUT2D eigenvalue weighted by atomic mass is 35.5. The van der Waals surface area contributed by atoms with Gasteiger partial charge in [0, 0.05) is 10.7 Å². The Morgan fingerprint density at radius 2 is 1.79 bits per heavy atom. The molecule has 0 atom stereocenters. The van der Waals surface area contributed by atoms with Gasteiger partial charge in [-0.1, -0.05) is 35.9 Å². The van der Waals surface area contributed by atoms with E-state index in [0.29, 0.717) is 22.0 Å². The highest BCUT2D eigenvalue weighted by Gasteiger charge is 2.27. The first-order chi connectivity index (χ1) is 15.8. The molecule has 0 spiro atoms. The standard InChI is InChI=1S/C24H23ClN2O5S/c1-4-31-24(30)20-15(3)21(22(29)26-17-10-7-9-16(25)12-17)33-23(20)27-19(28)13-32-18-11-6-5-8-14(18)2/h5-12H,4,13H2,1-3H3,(H,26,29)(H,27,28). The summed E-state index contributed by atoms with van der Waals surface area (Å²) < 4.78 is 10.7. The van der Waals surface area contributed by atoms with Crippen molar-refractivity contribution >= 4 is 51.4 Å². The molecule has 3 aromatic rings. The van der Waals surface area contributed by atoms with Gasteiger partial charge in [0.2, 0.25) is 0 Å². The van der Waals surface area contributed by atoms with Crippen molar-refractivity contribution in [3.63, 3.8) is 0 Å². The molecule has 0 aliphatic rings. The second kappa shape index (κ2) is 11.0. The Bertz CT molecular complexity index is 1190. The van der Waals surface area contributed by atoms with Crippen LogP contribution in [0.4, 0.5) is 10.7 Å². The van der Waals surface area contributed by atoms with Crippen molar-refractivity contribution in [3.05, 3.63) is 75.1 Å². The monoisotopic (exact) mass is 486 g/mol. The molecule has 1 aromatic heterocycles. The second-order valence-corrected chi connectivity index (χ2v) is 8.50. The van der Waals surface area contributed by atoms with Crippen molar-refractivity contribution in [2.75, 3.05) is 23.8 Å². The van der Waals surface area contributed by atoms with Gasteiger partial charge in [-0.2, -0.15) is 0 Å².